The molecule has 0 aliphatic carbocycles. The predicted octanol–water partition coefficient (Wildman–Crippen LogP) is 5.57. The molecule has 1 heterocycles. The minimum atomic E-state index is -0.214. The highest BCUT2D eigenvalue weighted by Crippen LogP contribution is 2.30. The van der Waals surface area contributed by atoms with Gasteiger partial charge in [-0.1, -0.05) is 50.2 Å². The molecule has 0 bridgehead atoms. The molecule has 0 radical (unpaired) electrons. The Hall–Kier alpha value is -2.66. The molecule has 0 atom stereocenters. The van der Waals surface area contributed by atoms with Crippen molar-refractivity contribution in [2.75, 3.05) is 11.9 Å². The van der Waals surface area contributed by atoms with Crippen molar-refractivity contribution in [2.24, 2.45) is 0 Å². The Labute approximate surface area is 164 Å². The summed E-state index contributed by atoms with van der Waals surface area (Å²) in [5, 5.41) is 3.42. The number of thiazole rings is 1. The summed E-state index contributed by atoms with van der Waals surface area (Å²) in [4.78, 5) is 17.9. The van der Waals surface area contributed by atoms with Crippen LogP contribution in [0.15, 0.2) is 48.5 Å². The molecule has 5 heteroatoms. The van der Waals surface area contributed by atoms with Crippen molar-refractivity contribution < 1.29 is 9.53 Å². The Morgan fingerprint density at radius 3 is 2.56 bits per heavy atom. The maximum absolute atomic E-state index is 12.2. The van der Waals surface area contributed by atoms with E-state index in [0.717, 1.165) is 16.1 Å². The van der Waals surface area contributed by atoms with Crippen LogP contribution >= 0.6 is 11.3 Å². The Kier molecular flexibility index (Phi) is 5.91. The van der Waals surface area contributed by atoms with Crippen LogP contribution < -0.4 is 10.1 Å². The molecule has 0 aliphatic rings. The second-order valence-corrected chi connectivity index (χ2v) is 8.00. The van der Waals surface area contributed by atoms with E-state index in [1.165, 1.54) is 22.5 Å². The van der Waals surface area contributed by atoms with E-state index in [-0.39, 0.29) is 12.5 Å². The summed E-state index contributed by atoms with van der Waals surface area (Å²) in [6.45, 7) is 8.35. The first-order valence-electron chi connectivity index (χ1n) is 9.00. The molecule has 0 spiro atoms. The maximum Gasteiger partial charge on any atom is 0.264 e. The highest BCUT2D eigenvalue weighted by molar-refractivity contribution is 7.16. The third-order valence-electron chi connectivity index (χ3n) is 4.32. The normalized spacial score (nSPS) is 10.9. The van der Waals surface area contributed by atoms with Crippen molar-refractivity contribution >= 4 is 22.4 Å². The predicted molar refractivity (Wildman–Crippen MR) is 112 cm³/mol. The molecular formula is C22H24N2O2S. The first kappa shape index (κ1) is 19.1. The SMILES string of the molecule is Cc1cc(OCC(=O)Nc2nc(-c3ccccc3)c(C)s2)ccc1C(C)C. The summed E-state index contributed by atoms with van der Waals surface area (Å²) < 4.78 is 5.64. The van der Waals surface area contributed by atoms with Gasteiger partial charge >= 0.3 is 0 Å². The van der Waals surface area contributed by atoms with E-state index in [1.54, 1.807) is 0 Å². The van der Waals surface area contributed by atoms with Crippen LogP contribution in [0.25, 0.3) is 11.3 Å². The second kappa shape index (κ2) is 8.35. The second-order valence-electron chi connectivity index (χ2n) is 6.80. The Morgan fingerprint density at radius 1 is 1.15 bits per heavy atom. The van der Waals surface area contributed by atoms with Gasteiger partial charge in [0.1, 0.15) is 5.75 Å². The van der Waals surface area contributed by atoms with E-state index in [1.807, 2.05) is 49.4 Å². The van der Waals surface area contributed by atoms with Crippen LogP contribution in [-0.2, 0) is 4.79 Å². The van der Waals surface area contributed by atoms with Gasteiger partial charge in [-0.3, -0.25) is 10.1 Å². The lowest BCUT2D eigenvalue weighted by Gasteiger charge is -2.12. The fourth-order valence-electron chi connectivity index (χ4n) is 3.00. The average Bonchev–Trinajstić information content (AvgIpc) is 3.00. The van der Waals surface area contributed by atoms with E-state index < -0.39 is 0 Å². The van der Waals surface area contributed by atoms with Crippen molar-refractivity contribution in [3.63, 3.8) is 0 Å². The highest BCUT2D eigenvalue weighted by atomic mass is 32.1. The van der Waals surface area contributed by atoms with Crippen LogP contribution in [0.4, 0.5) is 5.13 Å². The standard InChI is InChI=1S/C22H24N2O2S/c1-14(2)19-11-10-18(12-15(19)3)26-13-20(25)23-22-24-21(16(4)27-22)17-8-6-5-7-9-17/h5-12,14H,13H2,1-4H3,(H,23,24,25). The zero-order chi connectivity index (χ0) is 19.4. The lowest BCUT2D eigenvalue weighted by Crippen LogP contribution is -2.20. The van der Waals surface area contributed by atoms with Crippen molar-refractivity contribution in [1.29, 1.82) is 0 Å². The molecule has 1 amide bonds. The van der Waals surface area contributed by atoms with Crippen LogP contribution in [-0.4, -0.2) is 17.5 Å². The van der Waals surface area contributed by atoms with E-state index in [9.17, 15) is 4.79 Å². The topological polar surface area (TPSA) is 51.2 Å². The highest BCUT2D eigenvalue weighted by Gasteiger charge is 2.12. The van der Waals surface area contributed by atoms with Crippen molar-refractivity contribution in [3.8, 4) is 17.0 Å². The molecule has 0 unspecified atom stereocenters. The minimum Gasteiger partial charge on any atom is -0.484 e. The zero-order valence-electron chi connectivity index (χ0n) is 16.1. The monoisotopic (exact) mass is 380 g/mol. The fourth-order valence-corrected chi connectivity index (χ4v) is 3.86. The van der Waals surface area contributed by atoms with E-state index >= 15 is 0 Å². The number of carbonyl (C=O) groups is 1. The van der Waals surface area contributed by atoms with Gasteiger partial charge in [0.05, 0.1) is 5.69 Å². The summed E-state index contributed by atoms with van der Waals surface area (Å²) in [7, 11) is 0. The maximum atomic E-state index is 12.2. The number of nitrogens with one attached hydrogen (secondary N) is 1. The molecule has 140 valence electrons. The third kappa shape index (κ3) is 4.74. The van der Waals surface area contributed by atoms with Crippen LogP contribution in [0, 0.1) is 13.8 Å². The molecular weight excluding hydrogens is 356 g/mol. The number of hydrogen-bond donors (Lipinski definition) is 1. The molecule has 3 aromatic rings. The zero-order valence-corrected chi connectivity index (χ0v) is 16.9. The Bertz CT molecular complexity index is 933. The molecule has 3 rings (SSSR count). The molecule has 4 nitrogen and oxygen atoms in total. The number of benzene rings is 2. The largest absolute Gasteiger partial charge is 0.484 e. The summed E-state index contributed by atoms with van der Waals surface area (Å²) in [5.74, 6) is 0.954. The number of hydrogen-bond acceptors (Lipinski definition) is 4. The first-order valence-corrected chi connectivity index (χ1v) is 9.81. The summed E-state index contributed by atoms with van der Waals surface area (Å²) in [6.07, 6.45) is 0. The number of aromatic nitrogens is 1. The average molecular weight is 381 g/mol. The van der Waals surface area contributed by atoms with Gasteiger partial charge < -0.3 is 4.74 Å². The number of anilines is 1. The van der Waals surface area contributed by atoms with Crippen LogP contribution in [0.1, 0.15) is 35.8 Å². The van der Waals surface area contributed by atoms with E-state index in [4.69, 9.17) is 4.74 Å². The van der Waals surface area contributed by atoms with Gasteiger partial charge in [-0.15, -0.1) is 11.3 Å². The van der Waals surface area contributed by atoms with Crippen LogP contribution in [0.2, 0.25) is 0 Å². The fraction of sp³-hybridized carbons (Fsp3) is 0.273. The van der Waals surface area contributed by atoms with E-state index in [0.29, 0.717) is 16.8 Å². The van der Waals surface area contributed by atoms with Crippen LogP contribution in [0.5, 0.6) is 5.75 Å². The van der Waals surface area contributed by atoms with Crippen molar-refractivity contribution in [1.82, 2.24) is 4.98 Å². The molecule has 27 heavy (non-hydrogen) atoms. The van der Waals surface area contributed by atoms with Crippen molar-refractivity contribution in [3.05, 3.63) is 64.5 Å². The molecule has 2 aromatic carbocycles. The van der Waals surface area contributed by atoms with E-state index in [2.05, 4.69) is 37.1 Å². The van der Waals surface area contributed by atoms with Gasteiger partial charge in [-0.25, -0.2) is 4.98 Å². The lowest BCUT2D eigenvalue weighted by atomic mass is 9.98. The van der Waals surface area contributed by atoms with Gasteiger partial charge in [0, 0.05) is 10.4 Å². The number of ether oxygens (including phenoxy) is 1. The van der Waals surface area contributed by atoms with Crippen molar-refractivity contribution in [2.45, 2.75) is 33.6 Å². The quantitative estimate of drug-likeness (QED) is 0.608. The molecule has 1 aromatic heterocycles. The summed E-state index contributed by atoms with van der Waals surface area (Å²) in [5.41, 5.74) is 4.41. The summed E-state index contributed by atoms with van der Waals surface area (Å²) >= 11 is 1.47. The molecule has 0 fully saturated rings. The smallest absolute Gasteiger partial charge is 0.264 e. The molecule has 0 saturated heterocycles. The molecule has 0 aliphatic heterocycles. The number of amides is 1. The minimum absolute atomic E-state index is 0.0419. The lowest BCUT2D eigenvalue weighted by molar-refractivity contribution is -0.118. The van der Waals surface area contributed by atoms with Gasteiger partial charge in [0.2, 0.25) is 0 Å². The number of aryl methyl sites for hydroxylation is 2. The first-order chi connectivity index (χ1) is 12.9. The third-order valence-corrected chi connectivity index (χ3v) is 5.21. The summed E-state index contributed by atoms with van der Waals surface area (Å²) in [6, 6.07) is 15.9. The molecule has 1 N–H and O–H groups in total. The van der Waals surface area contributed by atoms with Gasteiger partial charge in [-0.2, -0.15) is 0 Å². The Morgan fingerprint density at radius 2 is 1.89 bits per heavy atom. The molecule has 0 saturated carbocycles. The van der Waals surface area contributed by atoms with Gasteiger partial charge in [0.15, 0.2) is 11.7 Å². The van der Waals surface area contributed by atoms with Gasteiger partial charge in [0.25, 0.3) is 5.91 Å². The Balaban J connectivity index is 1.61. The number of nitrogens with zero attached hydrogens (tertiary/aromatic N) is 1. The van der Waals surface area contributed by atoms with Gasteiger partial charge in [-0.05, 0) is 43.0 Å². The number of rotatable bonds is 6. The number of carbonyl (C=O) groups excluding carboxylic acids is 1. The van der Waals surface area contributed by atoms with Crippen LogP contribution in [0.3, 0.4) is 0 Å².